The number of rotatable bonds is 8. The fraction of sp³-hybridized carbons (Fsp3) is 0.538. The van der Waals surface area contributed by atoms with Crippen molar-refractivity contribution in [3.63, 3.8) is 0 Å². The number of ether oxygens (including phenoxy) is 3. The second kappa shape index (κ2) is 9.51. The molecule has 21 heavy (non-hydrogen) atoms. The smallest absolute Gasteiger partial charge is 0.160 e. The third-order valence-corrected chi connectivity index (χ3v) is 4.72. The highest BCUT2D eigenvalue weighted by Crippen LogP contribution is 2.48. The molecule has 0 aliphatic rings. The maximum absolute atomic E-state index is 6.07. The van der Waals surface area contributed by atoms with E-state index in [1.807, 2.05) is 13.8 Å². The van der Waals surface area contributed by atoms with E-state index in [9.17, 15) is 0 Å². The first kappa shape index (κ1) is 19.4. The van der Waals surface area contributed by atoms with Crippen LogP contribution < -0.4 is 4.74 Å². The number of benzene rings is 1. The zero-order valence-corrected chi connectivity index (χ0v) is 15.3. The lowest BCUT2D eigenvalue weighted by Crippen LogP contribution is -2.20. The summed E-state index contributed by atoms with van der Waals surface area (Å²) in [5.74, 6) is 0.199. The van der Waals surface area contributed by atoms with E-state index in [0.29, 0.717) is 19.6 Å². The fourth-order valence-electron chi connectivity index (χ4n) is 1.56. The standard InChI is InChI=1S/C13H15Cl5O3/c1-3-19-7(20-4-2)5-6-21-13-11(17)9(15)8(14)10(16)12(13)18/h7H,3-6H2,1-2H3. The highest BCUT2D eigenvalue weighted by Gasteiger charge is 2.21. The lowest BCUT2D eigenvalue weighted by Gasteiger charge is -2.18. The molecule has 0 radical (unpaired) electrons. The molecule has 120 valence electrons. The van der Waals surface area contributed by atoms with Gasteiger partial charge in [0.05, 0.1) is 21.7 Å². The van der Waals surface area contributed by atoms with Crippen molar-refractivity contribution in [2.45, 2.75) is 26.6 Å². The van der Waals surface area contributed by atoms with Crippen molar-refractivity contribution < 1.29 is 14.2 Å². The first-order chi connectivity index (χ1) is 9.93. The molecule has 3 nitrogen and oxygen atoms in total. The topological polar surface area (TPSA) is 27.7 Å². The van der Waals surface area contributed by atoms with E-state index < -0.39 is 0 Å². The molecule has 8 heteroatoms. The number of halogens is 5. The van der Waals surface area contributed by atoms with Crippen molar-refractivity contribution in [3.8, 4) is 5.75 Å². The van der Waals surface area contributed by atoms with Crippen LogP contribution in [0.4, 0.5) is 0 Å². The van der Waals surface area contributed by atoms with Gasteiger partial charge in [-0.05, 0) is 13.8 Å². The molecule has 1 aromatic carbocycles. The van der Waals surface area contributed by atoms with Gasteiger partial charge in [0, 0.05) is 19.6 Å². The Morgan fingerprint density at radius 1 is 0.762 bits per heavy atom. The van der Waals surface area contributed by atoms with E-state index >= 15 is 0 Å². The third-order valence-electron chi connectivity index (χ3n) is 2.47. The molecule has 0 unspecified atom stereocenters. The zero-order valence-electron chi connectivity index (χ0n) is 11.5. The van der Waals surface area contributed by atoms with E-state index in [4.69, 9.17) is 72.2 Å². The summed E-state index contributed by atoms with van der Waals surface area (Å²) < 4.78 is 16.4. The maximum Gasteiger partial charge on any atom is 0.160 e. The van der Waals surface area contributed by atoms with Crippen LogP contribution in [0.25, 0.3) is 0 Å². The molecule has 0 fully saturated rings. The second-order valence-corrected chi connectivity index (χ2v) is 5.77. The first-order valence-electron chi connectivity index (χ1n) is 6.31. The summed E-state index contributed by atoms with van der Waals surface area (Å²) >= 11 is 30.0. The molecule has 0 saturated carbocycles. The predicted molar refractivity (Wildman–Crippen MR) is 88.6 cm³/mol. The minimum Gasteiger partial charge on any atom is -0.490 e. The zero-order chi connectivity index (χ0) is 16.0. The summed E-state index contributed by atoms with van der Waals surface area (Å²) in [6.45, 7) is 5.15. The van der Waals surface area contributed by atoms with Gasteiger partial charge in [-0.15, -0.1) is 0 Å². The first-order valence-corrected chi connectivity index (χ1v) is 8.20. The Balaban J connectivity index is 2.76. The molecule has 0 N–H and O–H groups in total. The Kier molecular flexibility index (Phi) is 8.80. The van der Waals surface area contributed by atoms with Gasteiger partial charge in [0.2, 0.25) is 0 Å². The van der Waals surface area contributed by atoms with Gasteiger partial charge in [-0.2, -0.15) is 0 Å². The van der Waals surface area contributed by atoms with Crippen LogP contribution in [0.1, 0.15) is 20.3 Å². The molecule has 0 aliphatic carbocycles. The minimum absolute atomic E-state index is 0.0993. The predicted octanol–water partition coefficient (Wildman–Crippen LogP) is 6.12. The van der Waals surface area contributed by atoms with Gasteiger partial charge < -0.3 is 14.2 Å². The van der Waals surface area contributed by atoms with E-state index in [1.165, 1.54) is 0 Å². The van der Waals surface area contributed by atoms with Crippen LogP contribution in [-0.2, 0) is 9.47 Å². The molecule has 0 saturated heterocycles. The second-order valence-electron chi connectivity index (χ2n) is 3.88. The van der Waals surface area contributed by atoms with Gasteiger partial charge in [0.1, 0.15) is 10.0 Å². The molecule has 0 spiro atoms. The van der Waals surface area contributed by atoms with Crippen molar-refractivity contribution in [1.29, 1.82) is 0 Å². The summed E-state index contributed by atoms with van der Waals surface area (Å²) in [5.41, 5.74) is 0. The highest BCUT2D eigenvalue weighted by molar-refractivity contribution is 6.55. The molecule has 0 aromatic heterocycles. The monoisotopic (exact) mass is 394 g/mol. The van der Waals surface area contributed by atoms with Crippen LogP contribution in [0.5, 0.6) is 5.75 Å². The van der Waals surface area contributed by atoms with Crippen LogP contribution in [0.2, 0.25) is 25.1 Å². The van der Waals surface area contributed by atoms with Crippen molar-refractivity contribution >= 4 is 58.0 Å². The van der Waals surface area contributed by atoms with Crippen molar-refractivity contribution in [1.82, 2.24) is 0 Å². The van der Waals surface area contributed by atoms with E-state index in [-0.39, 0.29) is 43.8 Å². The molecular formula is C13H15Cl5O3. The van der Waals surface area contributed by atoms with Gasteiger partial charge in [-0.1, -0.05) is 58.0 Å². The van der Waals surface area contributed by atoms with Gasteiger partial charge in [0.25, 0.3) is 0 Å². The Hall–Kier alpha value is 0.390. The molecule has 0 bridgehead atoms. The number of hydrogen-bond acceptors (Lipinski definition) is 3. The van der Waals surface area contributed by atoms with Crippen molar-refractivity contribution in [2.75, 3.05) is 19.8 Å². The molecule has 0 atom stereocenters. The van der Waals surface area contributed by atoms with Gasteiger partial charge in [-0.25, -0.2) is 0 Å². The van der Waals surface area contributed by atoms with Crippen molar-refractivity contribution in [3.05, 3.63) is 25.1 Å². The Morgan fingerprint density at radius 2 is 1.19 bits per heavy atom. The quantitative estimate of drug-likeness (QED) is 0.301. The summed E-state index contributed by atoms with van der Waals surface area (Å²) in [6.07, 6.45) is 0.155. The van der Waals surface area contributed by atoms with Gasteiger partial charge in [0.15, 0.2) is 12.0 Å². The van der Waals surface area contributed by atoms with Crippen LogP contribution in [0.15, 0.2) is 0 Å². The third kappa shape index (κ3) is 5.21. The van der Waals surface area contributed by atoms with Crippen LogP contribution in [-0.4, -0.2) is 26.1 Å². The average molecular weight is 397 g/mol. The van der Waals surface area contributed by atoms with Crippen LogP contribution in [0, 0.1) is 0 Å². The lowest BCUT2D eigenvalue weighted by molar-refractivity contribution is -0.142. The summed E-state index contributed by atoms with van der Waals surface area (Å²) in [5, 5.41) is 0.561. The molecule has 1 aromatic rings. The van der Waals surface area contributed by atoms with Crippen LogP contribution in [0.3, 0.4) is 0 Å². The fourth-order valence-corrected chi connectivity index (χ4v) is 2.79. The SMILES string of the molecule is CCOC(CCOc1c(Cl)c(Cl)c(Cl)c(Cl)c1Cl)OCC. The summed E-state index contributed by atoms with van der Waals surface area (Å²) in [7, 11) is 0. The maximum atomic E-state index is 6.07. The average Bonchev–Trinajstić information content (AvgIpc) is 2.47. The van der Waals surface area contributed by atoms with Gasteiger partial charge in [-0.3, -0.25) is 0 Å². The molecular weight excluding hydrogens is 381 g/mol. The van der Waals surface area contributed by atoms with E-state index in [1.54, 1.807) is 0 Å². The number of hydrogen-bond donors (Lipinski definition) is 0. The summed E-state index contributed by atoms with van der Waals surface area (Å²) in [6, 6.07) is 0. The highest BCUT2D eigenvalue weighted by atomic mass is 35.5. The lowest BCUT2D eigenvalue weighted by atomic mass is 10.3. The van der Waals surface area contributed by atoms with Crippen molar-refractivity contribution in [2.24, 2.45) is 0 Å². The Morgan fingerprint density at radius 3 is 1.62 bits per heavy atom. The minimum atomic E-state index is -0.351. The van der Waals surface area contributed by atoms with E-state index in [2.05, 4.69) is 0 Å². The normalized spacial score (nSPS) is 11.2. The Labute approximate surface area is 149 Å². The molecule has 0 heterocycles. The van der Waals surface area contributed by atoms with E-state index in [0.717, 1.165) is 0 Å². The molecule has 0 amide bonds. The molecule has 1 rings (SSSR count). The molecule has 0 aliphatic heterocycles. The summed E-state index contributed by atoms with van der Waals surface area (Å²) in [4.78, 5) is 0. The van der Waals surface area contributed by atoms with Gasteiger partial charge >= 0.3 is 0 Å². The largest absolute Gasteiger partial charge is 0.490 e. The Bertz CT molecular complexity index is 446. The van der Waals surface area contributed by atoms with Crippen LogP contribution >= 0.6 is 58.0 Å².